The van der Waals surface area contributed by atoms with Gasteiger partial charge in [0.25, 0.3) is 0 Å². The molecule has 0 spiro atoms. The van der Waals surface area contributed by atoms with Crippen molar-refractivity contribution < 1.29 is 8.42 Å². The van der Waals surface area contributed by atoms with E-state index in [4.69, 9.17) is 0 Å². The number of rotatable bonds is 8. The molecule has 0 radical (unpaired) electrons. The van der Waals surface area contributed by atoms with Gasteiger partial charge in [0.1, 0.15) is 0 Å². The van der Waals surface area contributed by atoms with E-state index in [9.17, 15) is 8.42 Å². The summed E-state index contributed by atoms with van der Waals surface area (Å²) in [6.45, 7) is 7.79. The Morgan fingerprint density at radius 2 is 1.90 bits per heavy atom. The summed E-state index contributed by atoms with van der Waals surface area (Å²) in [6.07, 6.45) is 0.815. The summed E-state index contributed by atoms with van der Waals surface area (Å²) >= 11 is 1.71. The van der Waals surface area contributed by atoms with Crippen LogP contribution in [0.1, 0.15) is 28.1 Å². The molecule has 0 saturated carbocycles. The maximum absolute atomic E-state index is 12.5. The van der Waals surface area contributed by atoms with Crippen molar-refractivity contribution in [3.8, 4) is 0 Å². The van der Waals surface area contributed by atoms with Crippen molar-refractivity contribution in [3.63, 3.8) is 0 Å². The van der Waals surface area contributed by atoms with E-state index in [-0.39, 0.29) is 35.4 Å². The van der Waals surface area contributed by atoms with Crippen LogP contribution in [0.15, 0.2) is 34.2 Å². The minimum Gasteiger partial charge on any atom is -0.357 e. The van der Waals surface area contributed by atoms with Gasteiger partial charge in [-0.15, -0.1) is 35.3 Å². The number of sulfonamides is 1. The maximum Gasteiger partial charge on any atom is 0.242 e. The third-order valence-corrected chi connectivity index (χ3v) is 7.24. The highest BCUT2D eigenvalue weighted by Gasteiger charge is 2.20. The first-order valence-electron chi connectivity index (χ1n) is 9.21. The highest BCUT2D eigenvalue weighted by molar-refractivity contribution is 14.0. The summed E-state index contributed by atoms with van der Waals surface area (Å²) in [4.78, 5) is 10.6. The van der Waals surface area contributed by atoms with Crippen LogP contribution in [-0.2, 0) is 23.0 Å². The molecule has 0 amide bonds. The van der Waals surface area contributed by atoms with E-state index in [0.29, 0.717) is 18.1 Å². The summed E-state index contributed by atoms with van der Waals surface area (Å²) in [5.74, 6) is 0.657. The van der Waals surface area contributed by atoms with Crippen molar-refractivity contribution in [2.75, 3.05) is 27.2 Å². The van der Waals surface area contributed by atoms with Crippen LogP contribution in [0.4, 0.5) is 0 Å². The Bertz CT molecular complexity index is 907. The minimum atomic E-state index is -3.51. The highest BCUT2D eigenvalue weighted by atomic mass is 127. The molecule has 1 heterocycles. The largest absolute Gasteiger partial charge is 0.357 e. The standard InChI is InChI=1S/C19H29N5O2S2.HI/c1-6-20-19(21-12-11-18-23-14(2)15(3)27-18)22-13-16-9-7-8-10-17(16)28(25,26)24(4)5;/h7-10H,6,11-13H2,1-5H3,(H2,20,21,22);1H. The van der Waals surface area contributed by atoms with E-state index in [2.05, 4.69) is 27.5 Å². The van der Waals surface area contributed by atoms with Gasteiger partial charge in [0, 0.05) is 38.5 Å². The average molecular weight is 552 g/mol. The zero-order valence-electron chi connectivity index (χ0n) is 17.5. The quantitative estimate of drug-likeness (QED) is 0.300. The predicted molar refractivity (Wildman–Crippen MR) is 131 cm³/mol. The fourth-order valence-electron chi connectivity index (χ4n) is 2.52. The molecule has 0 aliphatic rings. The van der Waals surface area contributed by atoms with Crippen molar-refractivity contribution in [2.45, 2.75) is 38.6 Å². The van der Waals surface area contributed by atoms with E-state index in [1.165, 1.54) is 23.3 Å². The summed E-state index contributed by atoms with van der Waals surface area (Å²) in [6, 6.07) is 6.97. The molecule has 29 heavy (non-hydrogen) atoms. The van der Waals surface area contributed by atoms with Crippen molar-refractivity contribution in [2.24, 2.45) is 4.99 Å². The first-order valence-corrected chi connectivity index (χ1v) is 11.5. The lowest BCUT2D eigenvalue weighted by atomic mass is 10.2. The van der Waals surface area contributed by atoms with E-state index >= 15 is 0 Å². The van der Waals surface area contributed by atoms with Gasteiger partial charge in [-0.1, -0.05) is 18.2 Å². The summed E-state index contributed by atoms with van der Waals surface area (Å²) < 4.78 is 26.3. The molecule has 162 valence electrons. The number of guanidine groups is 1. The molecule has 0 bridgehead atoms. The van der Waals surface area contributed by atoms with Gasteiger partial charge in [0.05, 0.1) is 22.1 Å². The molecule has 1 aromatic carbocycles. The number of hydrogen-bond donors (Lipinski definition) is 2. The molecule has 0 saturated heterocycles. The first kappa shape index (κ1) is 25.8. The van der Waals surface area contributed by atoms with Crippen LogP contribution in [-0.4, -0.2) is 50.9 Å². The minimum absolute atomic E-state index is 0. The predicted octanol–water partition coefficient (Wildman–Crippen LogP) is 2.93. The van der Waals surface area contributed by atoms with Gasteiger partial charge in [0.2, 0.25) is 10.0 Å². The Morgan fingerprint density at radius 3 is 2.48 bits per heavy atom. The second kappa shape index (κ2) is 11.8. The van der Waals surface area contributed by atoms with Gasteiger partial charge >= 0.3 is 0 Å². The third kappa shape index (κ3) is 7.19. The number of aromatic nitrogens is 1. The van der Waals surface area contributed by atoms with E-state index < -0.39 is 10.0 Å². The number of benzene rings is 1. The number of thiazole rings is 1. The number of nitrogens with one attached hydrogen (secondary N) is 2. The molecule has 0 aliphatic carbocycles. The van der Waals surface area contributed by atoms with Crippen LogP contribution in [0.25, 0.3) is 0 Å². The van der Waals surface area contributed by atoms with Crippen molar-refractivity contribution in [1.29, 1.82) is 0 Å². The molecule has 2 N–H and O–H groups in total. The fourth-order valence-corrected chi connectivity index (χ4v) is 4.56. The Labute approximate surface area is 195 Å². The second-order valence-electron chi connectivity index (χ2n) is 6.52. The van der Waals surface area contributed by atoms with Crippen molar-refractivity contribution >= 4 is 51.3 Å². The molecule has 1 aromatic heterocycles. The number of nitrogens with zero attached hydrogens (tertiary/aromatic N) is 3. The van der Waals surface area contributed by atoms with Crippen LogP contribution in [0.3, 0.4) is 0 Å². The number of hydrogen-bond acceptors (Lipinski definition) is 5. The number of aryl methyl sites for hydroxylation is 2. The van der Waals surface area contributed by atoms with Gasteiger partial charge in [0.15, 0.2) is 5.96 Å². The molecule has 0 fully saturated rings. The molecule has 0 aliphatic heterocycles. The van der Waals surface area contributed by atoms with E-state index in [0.717, 1.165) is 23.7 Å². The second-order valence-corrected chi connectivity index (χ2v) is 9.92. The molecule has 2 aromatic rings. The first-order chi connectivity index (χ1) is 13.3. The van der Waals surface area contributed by atoms with Crippen LogP contribution in [0.2, 0.25) is 0 Å². The van der Waals surface area contributed by atoms with Gasteiger partial charge in [-0.05, 0) is 32.4 Å². The zero-order chi connectivity index (χ0) is 20.7. The Hall–Kier alpha value is -1.24. The van der Waals surface area contributed by atoms with Gasteiger partial charge in [-0.2, -0.15) is 0 Å². The summed E-state index contributed by atoms with van der Waals surface area (Å²) in [7, 11) is -0.445. The van der Waals surface area contributed by atoms with Crippen LogP contribution in [0, 0.1) is 13.8 Å². The van der Waals surface area contributed by atoms with E-state index in [1.54, 1.807) is 29.5 Å². The lowest BCUT2D eigenvalue weighted by Gasteiger charge is -2.15. The Morgan fingerprint density at radius 1 is 1.21 bits per heavy atom. The number of aliphatic imine (C=N–C) groups is 1. The molecular weight excluding hydrogens is 521 g/mol. The topological polar surface area (TPSA) is 86.7 Å². The third-order valence-electron chi connectivity index (χ3n) is 4.19. The Kier molecular flexibility index (Phi) is 10.5. The summed E-state index contributed by atoms with van der Waals surface area (Å²) in [5, 5.41) is 7.59. The lowest BCUT2D eigenvalue weighted by Crippen LogP contribution is -2.38. The molecule has 0 unspecified atom stereocenters. The average Bonchev–Trinajstić information content (AvgIpc) is 2.97. The molecule has 0 atom stereocenters. The maximum atomic E-state index is 12.5. The molecular formula is C19H30IN5O2S2. The highest BCUT2D eigenvalue weighted by Crippen LogP contribution is 2.19. The zero-order valence-corrected chi connectivity index (χ0v) is 21.5. The Balaban J connectivity index is 0.00000420. The van der Waals surface area contributed by atoms with Gasteiger partial charge in [-0.25, -0.2) is 22.7 Å². The van der Waals surface area contributed by atoms with E-state index in [1.807, 2.05) is 19.9 Å². The van der Waals surface area contributed by atoms with Gasteiger partial charge < -0.3 is 10.6 Å². The summed E-state index contributed by atoms with van der Waals surface area (Å²) in [5.41, 5.74) is 1.75. The fraction of sp³-hybridized carbons (Fsp3) is 0.474. The smallest absolute Gasteiger partial charge is 0.242 e. The van der Waals surface area contributed by atoms with Crippen LogP contribution < -0.4 is 10.6 Å². The number of halogens is 1. The normalized spacial score (nSPS) is 12.0. The molecule has 2 rings (SSSR count). The van der Waals surface area contributed by atoms with Crippen LogP contribution >= 0.6 is 35.3 Å². The monoisotopic (exact) mass is 551 g/mol. The van der Waals surface area contributed by atoms with Crippen molar-refractivity contribution in [1.82, 2.24) is 19.9 Å². The molecule has 10 heteroatoms. The molecule has 7 nitrogen and oxygen atoms in total. The van der Waals surface area contributed by atoms with Crippen molar-refractivity contribution in [3.05, 3.63) is 45.4 Å². The lowest BCUT2D eigenvalue weighted by molar-refractivity contribution is 0.519. The van der Waals surface area contributed by atoms with Gasteiger partial charge in [-0.3, -0.25) is 0 Å². The SMILES string of the molecule is CCNC(=NCc1ccccc1S(=O)(=O)N(C)C)NCCc1nc(C)c(C)s1.I. The van der Waals surface area contributed by atoms with Crippen LogP contribution in [0.5, 0.6) is 0 Å².